The van der Waals surface area contributed by atoms with Crippen molar-refractivity contribution < 1.29 is 9.84 Å². The maximum Gasteiger partial charge on any atom is 0.172 e. The van der Waals surface area contributed by atoms with E-state index in [1.54, 1.807) is 25.1 Å². The first-order valence-corrected chi connectivity index (χ1v) is 9.74. The second-order valence-corrected chi connectivity index (χ2v) is 8.45. The Morgan fingerprint density at radius 2 is 2.20 bits per heavy atom. The molecule has 2 aliphatic rings. The number of phenols is 1. The predicted octanol–water partition coefficient (Wildman–Crippen LogP) is 4.15. The molecule has 3 heterocycles. The van der Waals surface area contributed by atoms with Crippen molar-refractivity contribution in [3.63, 3.8) is 0 Å². The van der Waals surface area contributed by atoms with Crippen molar-refractivity contribution >= 4 is 32.9 Å². The van der Waals surface area contributed by atoms with E-state index in [4.69, 9.17) is 9.73 Å². The number of ether oxygens (including phenoxy) is 1. The first-order valence-electron chi connectivity index (χ1n) is 8.07. The highest BCUT2D eigenvalue weighted by atomic mass is 79.9. The highest BCUT2D eigenvalue weighted by molar-refractivity contribution is 9.10. The maximum atomic E-state index is 10.1. The molecule has 0 saturated carbocycles. The number of amidine groups is 1. The molecule has 2 aromatic rings. The van der Waals surface area contributed by atoms with E-state index in [9.17, 15) is 5.11 Å². The van der Waals surface area contributed by atoms with E-state index >= 15 is 0 Å². The van der Waals surface area contributed by atoms with Crippen molar-refractivity contribution in [2.45, 2.75) is 24.3 Å². The van der Waals surface area contributed by atoms with Gasteiger partial charge in [0, 0.05) is 18.0 Å². The molecule has 2 aliphatic heterocycles. The van der Waals surface area contributed by atoms with Gasteiger partial charge in [-0.1, -0.05) is 24.8 Å². The molecule has 0 amide bonds. The highest BCUT2D eigenvalue weighted by Gasteiger charge is 2.43. The Morgan fingerprint density at radius 3 is 2.92 bits per heavy atom. The summed E-state index contributed by atoms with van der Waals surface area (Å²) in [5.74, 6) is 0.571. The van der Waals surface area contributed by atoms with E-state index < -0.39 is 0 Å². The van der Waals surface area contributed by atoms with Gasteiger partial charge in [0.1, 0.15) is 6.04 Å². The minimum Gasteiger partial charge on any atom is -0.503 e. The molecule has 1 fully saturated rings. The highest BCUT2D eigenvalue weighted by Crippen LogP contribution is 2.49. The third-order valence-electron chi connectivity index (χ3n) is 4.49. The van der Waals surface area contributed by atoms with Gasteiger partial charge in [0.2, 0.25) is 0 Å². The molecule has 0 radical (unpaired) electrons. The van der Waals surface area contributed by atoms with Crippen LogP contribution in [0.3, 0.4) is 0 Å². The number of halogens is 1. The molecule has 3 atom stereocenters. The van der Waals surface area contributed by atoms with E-state index in [2.05, 4.69) is 32.7 Å². The summed E-state index contributed by atoms with van der Waals surface area (Å²) in [5, 5.41) is 11.7. The number of hydrogen-bond acceptors (Lipinski definition) is 6. The number of aromatic hydroxyl groups is 1. The number of benzene rings is 1. The molecule has 1 N–H and O–H groups in total. The summed E-state index contributed by atoms with van der Waals surface area (Å²) < 4.78 is 5.96. The van der Waals surface area contributed by atoms with Crippen LogP contribution in [0, 0.1) is 0 Å². The summed E-state index contributed by atoms with van der Waals surface area (Å²) in [6.45, 7) is 3.16. The third kappa shape index (κ3) is 2.89. The lowest BCUT2D eigenvalue weighted by molar-refractivity contribution is 0.318. The molecule has 25 heavy (non-hydrogen) atoms. The summed E-state index contributed by atoms with van der Waals surface area (Å²) in [4.78, 5) is 11.8. The topological polar surface area (TPSA) is 58.0 Å². The number of nitrogens with zero attached hydrogens (tertiary/aromatic N) is 3. The van der Waals surface area contributed by atoms with Gasteiger partial charge in [0.05, 0.1) is 23.3 Å². The van der Waals surface area contributed by atoms with Crippen LogP contribution in [0.4, 0.5) is 0 Å². The van der Waals surface area contributed by atoms with Gasteiger partial charge < -0.3 is 14.7 Å². The van der Waals surface area contributed by atoms with Crippen molar-refractivity contribution in [2.24, 2.45) is 4.99 Å². The van der Waals surface area contributed by atoms with Gasteiger partial charge in [-0.05, 0) is 45.8 Å². The Labute approximate surface area is 159 Å². The first-order chi connectivity index (χ1) is 12.1. The van der Waals surface area contributed by atoms with Crippen molar-refractivity contribution in [2.75, 3.05) is 13.7 Å². The number of methoxy groups -OCH3 is 1. The lowest BCUT2D eigenvalue weighted by Crippen LogP contribution is -2.28. The first kappa shape index (κ1) is 16.7. The molecule has 0 spiro atoms. The second kappa shape index (κ2) is 6.53. The number of rotatable bonds is 3. The average Bonchev–Trinajstić information content (AvgIpc) is 3.14. The van der Waals surface area contributed by atoms with E-state index in [-0.39, 0.29) is 17.8 Å². The number of aliphatic imine (C=N–C) groups is 1. The van der Waals surface area contributed by atoms with E-state index in [1.165, 1.54) is 0 Å². The molecular formula is C18H18BrN3O2S. The van der Waals surface area contributed by atoms with Crippen LogP contribution in [-0.4, -0.2) is 39.1 Å². The zero-order valence-electron chi connectivity index (χ0n) is 13.9. The molecule has 130 valence electrons. The van der Waals surface area contributed by atoms with Gasteiger partial charge in [-0.25, -0.2) is 0 Å². The fourth-order valence-corrected chi connectivity index (χ4v) is 4.95. The minimum atomic E-state index is -0.0719. The zero-order valence-corrected chi connectivity index (χ0v) is 16.3. The Bertz CT molecular complexity index is 831. The van der Waals surface area contributed by atoms with Crippen molar-refractivity contribution in [3.8, 4) is 11.5 Å². The number of thioether (sulfide) groups is 1. The predicted molar refractivity (Wildman–Crippen MR) is 103 cm³/mol. The molecular weight excluding hydrogens is 402 g/mol. The quantitative estimate of drug-likeness (QED) is 0.809. The van der Waals surface area contributed by atoms with Gasteiger partial charge in [-0.3, -0.25) is 9.98 Å². The SMILES string of the molecule is COc1cc([C@@H]2[C@@H](c3ccccn3)N=C3S[C@H](C)CN32)cc(Br)c1O. The van der Waals surface area contributed by atoms with Crippen LogP contribution in [0.2, 0.25) is 0 Å². The minimum absolute atomic E-state index is 0.0353. The standard InChI is InChI=1S/C18H18BrN3O2S/c1-10-9-22-16(11-7-12(19)17(23)14(8-11)24-2)15(21-18(22)25-10)13-5-3-4-6-20-13/h3-8,10,15-16,23H,9H2,1-2H3/t10-,15-,16-/m1/s1. The molecule has 0 aliphatic carbocycles. The normalized spacial score (nSPS) is 25.0. The van der Waals surface area contributed by atoms with Crippen LogP contribution in [-0.2, 0) is 0 Å². The molecule has 1 aromatic carbocycles. The largest absolute Gasteiger partial charge is 0.503 e. The van der Waals surface area contributed by atoms with Crippen LogP contribution < -0.4 is 4.74 Å². The lowest BCUT2D eigenvalue weighted by atomic mass is 9.96. The van der Waals surface area contributed by atoms with E-state index in [0.29, 0.717) is 15.5 Å². The molecule has 0 bridgehead atoms. The molecule has 1 aromatic heterocycles. The number of aromatic nitrogens is 1. The molecule has 5 nitrogen and oxygen atoms in total. The Kier molecular flexibility index (Phi) is 4.37. The fraction of sp³-hybridized carbons (Fsp3) is 0.333. The molecule has 7 heteroatoms. The number of phenolic OH excluding ortho intramolecular Hbond substituents is 1. The summed E-state index contributed by atoms with van der Waals surface area (Å²) >= 11 is 5.24. The third-order valence-corrected chi connectivity index (χ3v) is 6.20. The smallest absolute Gasteiger partial charge is 0.172 e. The Morgan fingerprint density at radius 1 is 1.36 bits per heavy atom. The zero-order chi connectivity index (χ0) is 17.6. The van der Waals surface area contributed by atoms with Crippen LogP contribution in [0.5, 0.6) is 11.5 Å². The molecule has 4 rings (SSSR count). The fourth-order valence-electron chi connectivity index (χ4n) is 3.40. The van der Waals surface area contributed by atoms with Gasteiger partial charge in [-0.15, -0.1) is 0 Å². The number of fused-ring (bicyclic) bond motifs is 1. The molecule has 1 saturated heterocycles. The summed E-state index contributed by atoms with van der Waals surface area (Å²) in [7, 11) is 1.56. The van der Waals surface area contributed by atoms with Crippen molar-refractivity contribution in [1.29, 1.82) is 0 Å². The van der Waals surface area contributed by atoms with Crippen molar-refractivity contribution in [3.05, 3.63) is 52.3 Å². The number of hydrogen-bond donors (Lipinski definition) is 1. The average molecular weight is 420 g/mol. The number of pyridine rings is 1. The lowest BCUT2D eigenvalue weighted by Gasteiger charge is -2.28. The van der Waals surface area contributed by atoms with E-state index in [0.717, 1.165) is 23.0 Å². The van der Waals surface area contributed by atoms with Crippen molar-refractivity contribution in [1.82, 2.24) is 9.88 Å². The molecule has 0 unspecified atom stereocenters. The van der Waals surface area contributed by atoms with E-state index in [1.807, 2.05) is 30.3 Å². The summed E-state index contributed by atoms with van der Waals surface area (Å²) in [5.41, 5.74) is 2.00. The summed E-state index contributed by atoms with van der Waals surface area (Å²) in [6, 6.07) is 9.73. The summed E-state index contributed by atoms with van der Waals surface area (Å²) in [6.07, 6.45) is 1.80. The monoisotopic (exact) mass is 419 g/mol. The van der Waals surface area contributed by atoms with Crippen LogP contribution >= 0.6 is 27.7 Å². The second-order valence-electron chi connectivity index (χ2n) is 6.19. The Balaban J connectivity index is 1.81. The van der Waals surface area contributed by atoms with Crippen LogP contribution in [0.25, 0.3) is 0 Å². The Hall–Kier alpha value is -1.73. The van der Waals surface area contributed by atoms with Gasteiger partial charge in [0.15, 0.2) is 16.7 Å². The van der Waals surface area contributed by atoms with Gasteiger partial charge >= 0.3 is 0 Å². The van der Waals surface area contributed by atoms with Crippen LogP contribution in [0.1, 0.15) is 30.3 Å². The van der Waals surface area contributed by atoms with Gasteiger partial charge in [0.25, 0.3) is 0 Å². The maximum absolute atomic E-state index is 10.1. The van der Waals surface area contributed by atoms with Gasteiger partial charge in [-0.2, -0.15) is 0 Å². The van der Waals surface area contributed by atoms with Crippen LogP contribution in [0.15, 0.2) is 46.0 Å².